The van der Waals surface area contributed by atoms with Gasteiger partial charge in [0, 0.05) is 47.1 Å². The molecule has 0 saturated carbocycles. The third-order valence-electron chi connectivity index (χ3n) is 6.10. The Hall–Kier alpha value is -4.14. The summed E-state index contributed by atoms with van der Waals surface area (Å²) in [6.45, 7) is 0.616. The summed E-state index contributed by atoms with van der Waals surface area (Å²) < 4.78 is 5.39. The van der Waals surface area contributed by atoms with Gasteiger partial charge >= 0.3 is 0 Å². The Bertz CT molecular complexity index is 1550. The number of fused-ring (bicyclic) bond motifs is 2. The molecule has 8 heteroatoms. The molecule has 4 heterocycles. The molecular formula is C27H23N5O2S. The van der Waals surface area contributed by atoms with Crippen LogP contribution in [0.1, 0.15) is 16.9 Å². The lowest BCUT2D eigenvalue weighted by molar-refractivity contribution is -0.110. The first-order chi connectivity index (χ1) is 17.1. The van der Waals surface area contributed by atoms with Crippen LogP contribution < -0.4 is 16.4 Å². The van der Waals surface area contributed by atoms with Crippen LogP contribution in [0.3, 0.4) is 0 Å². The van der Waals surface area contributed by atoms with E-state index in [4.69, 9.17) is 10.2 Å². The summed E-state index contributed by atoms with van der Waals surface area (Å²) in [5.74, 6) is 0.506. The number of carbonyl (C=O) groups excluding carboxylic acids is 1. The Labute approximate surface area is 205 Å². The first-order valence-electron chi connectivity index (χ1n) is 11.4. The van der Waals surface area contributed by atoms with Crippen molar-refractivity contribution in [3.05, 3.63) is 90.1 Å². The number of H-pyrrole nitrogens is 1. The molecule has 1 amide bonds. The minimum absolute atomic E-state index is 0.0482. The van der Waals surface area contributed by atoms with Gasteiger partial charge in [-0.25, -0.2) is 4.98 Å². The van der Waals surface area contributed by atoms with Gasteiger partial charge in [0.1, 0.15) is 5.76 Å². The van der Waals surface area contributed by atoms with Gasteiger partial charge in [-0.3, -0.25) is 4.79 Å². The number of hydrogen-bond acceptors (Lipinski definition) is 6. The van der Waals surface area contributed by atoms with Crippen molar-refractivity contribution < 1.29 is 9.21 Å². The summed E-state index contributed by atoms with van der Waals surface area (Å²) >= 11 is 1.56. The van der Waals surface area contributed by atoms with Crippen LogP contribution in [-0.4, -0.2) is 28.5 Å². The van der Waals surface area contributed by atoms with Gasteiger partial charge in [-0.15, -0.1) is 0 Å². The van der Waals surface area contributed by atoms with Crippen molar-refractivity contribution in [3.8, 4) is 10.4 Å². The Morgan fingerprint density at radius 1 is 1.17 bits per heavy atom. The predicted molar refractivity (Wildman–Crippen MR) is 141 cm³/mol. The van der Waals surface area contributed by atoms with E-state index in [1.165, 1.54) is 10.9 Å². The van der Waals surface area contributed by atoms with Gasteiger partial charge in [0.2, 0.25) is 0 Å². The number of para-hydroxylation sites is 1. The lowest BCUT2D eigenvalue weighted by atomic mass is 10.0. The number of thiazole rings is 1. The second kappa shape index (κ2) is 8.90. The molecule has 0 aliphatic carbocycles. The number of nitrogens with one attached hydrogen (secondary N) is 3. The normalized spacial score (nSPS) is 14.9. The van der Waals surface area contributed by atoms with E-state index < -0.39 is 0 Å². The van der Waals surface area contributed by atoms with Crippen molar-refractivity contribution in [2.45, 2.75) is 12.5 Å². The number of amides is 1. The zero-order chi connectivity index (χ0) is 23.8. The molecule has 2 aromatic carbocycles. The van der Waals surface area contributed by atoms with Crippen LogP contribution in [0.2, 0.25) is 0 Å². The average molecular weight is 482 g/mol. The molecule has 174 valence electrons. The molecule has 1 aliphatic rings. The molecule has 6 rings (SSSR count). The molecule has 0 bridgehead atoms. The number of aromatic amines is 1. The highest BCUT2D eigenvalue weighted by atomic mass is 32.1. The molecule has 1 aliphatic heterocycles. The van der Waals surface area contributed by atoms with E-state index in [1.807, 2.05) is 48.8 Å². The van der Waals surface area contributed by atoms with E-state index in [2.05, 4.69) is 32.7 Å². The molecule has 7 nitrogen and oxygen atoms in total. The maximum Gasteiger partial charge on any atom is 0.256 e. The van der Waals surface area contributed by atoms with Gasteiger partial charge in [0.05, 0.1) is 16.7 Å². The molecule has 35 heavy (non-hydrogen) atoms. The molecular weight excluding hydrogens is 458 g/mol. The van der Waals surface area contributed by atoms with Crippen molar-refractivity contribution in [2.24, 2.45) is 5.73 Å². The maximum absolute atomic E-state index is 12.5. The van der Waals surface area contributed by atoms with Crippen molar-refractivity contribution in [1.29, 1.82) is 0 Å². The summed E-state index contributed by atoms with van der Waals surface area (Å²) in [4.78, 5) is 21.3. The fraction of sp³-hybridized carbons (Fsp3) is 0.111. The Balaban J connectivity index is 1.15. The van der Waals surface area contributed by atoms with Crippen LogP contribution in [0.25, 0.3) is 33.0 Å². The molecule has 0 spiro atoms. The Morgan fingerprint density at radius 2 is 2.09 bits per heavy atom. The number of benzene rings is 2. The van der Waals surface area contributed by atoms with Gasteiger partial charge in [0.15, 0.2) is 5.13 Å². The van der Waals surface area contributed by atoms with Crippen molar-refractivity contribution in [1.82, 2.24) is 9.97 Å². The number of aromatic nitrogens is 2. The Kier molecular flexibility index (Phi) is 5.44. The van der Waals surface area contributed by atoms with Crippen molar-refractivity contribution in [2.75, 3.05) is 17.2 Å². The SMILES string of the molecule is N[C@H](CNc1ncc(-c2ccc3c(c2)C(=Cc2ccco2)C(=O)N3)s1)Cc1c[nH]c2ccccc12. The topological polar surface area (TPSA) is 109 Å². The zero-order valence-corrected chi connectivity index (χ0v) is 19.6. The fourth-order valence-electron chi connectivity index (χ4n) is 4.36. The highest BCUT2D eigenvalue weighted by molar-refractivity contribution is 7.18. The van der Waals surface area contributed by atoms with Crippen molar-refractivity contribution in [3.63, 3.8) is 0 Å². The van der Waals surface area contributed by atoms with E-state index >= 15 is 0 Å². The summed E-state index contributed by atoms with van der Waals surface area (Å²) in [6, 6.07) is 17.8. The molecule has 0 fully saturated rings. The third kappa shape index (κ3) is 4.25. The summed E-state index contributed by atoms with van der Waals surface area (Å²) in [5, 5.41) is 8.32. The molecule has 0 saturated heterocycles. The molecule has 3 aromatic heterocycles. The van der Waals surface area contributed by atoms with E-state index in [-0.39, 0.29) is 11.9 Å². The predicted octanol–water partition coefficient (Wildman–Crippen LogP) is 5.36. The second-order valence-electron chi connectivity index (χ2n) is 8.52. The first-order valence-corrected chi connectivity index (χ1v) is 12.2. The number of furan rings is 1. The van der Waals surface area contributed by atoms with E-state index in [1.54, 1.807) is 29.7 Å². The van der Waals surface area contributed by atoms with Gasteiger partial charge in [0.25, 0.3) is 5.91 Å². The van der Waals surface area contributed by atoms with Crippen LogP contribution in [0.5, 0.6) is 0 Å². The van der Waals surface area contributed by atoms with E-state index in [0.29, 0.717) is 17.9 Å². The van der Waals surface area contributed by atoms with Gasteiger partial charge < -0.3 is 25.8 Å². The summed E-state index contributed by atoms with van der Waals surface area (Å²) in [6.07, 6.45) is 8.01. The van der Waals surface area contributed by atoms with E-state index in [9.17, 15) is 4.79 Å². The number of nitrogens with two attached hydrogens (primary N) is 1. The van der Waals surface area contributed by atoms with Crippen molar-refractivity contribution >= 4 is 50.6 Å². The molecule has 0 radical (unpaired) electrons. The van der Waals surface area contributed by atoms with Crippen LogP contribution in [0.15, 0.2) is 77.7 Å². The highest BCUT2D eigenvalue weighted by Crippen LogP contribution is 2.38. The van der Waals surface area contributed by atoms with Gasteiger partial charge in [-0.2, -0.15) is 0 Å². The lowest BCUT2D eigenvalue weighted by Crippen LogP contribution is -2.31. The zero-order valence-electron chi connectivity index (χ0n) is 18.7. The number of rotatable bonds is 7. The van der Waals surface area contributed by atoms with Crippen LogP contribution in [0.4, 0.5) is 10.8 Å². The maximum atomic E-state index is 12.5. The smallest absolute Gasteiger partial charge is 0.256 e. The van der Waals surface area contributed by atoms with Gasteiger partial charge in [-0.1, -0.05) is 35.6 Å². The van der Waals surface area contributed by atoms with Gasteiger partial charge in [-0.05, 0) is 54.0 Å². The number of hydrogen-bond donors (Lipinski definition) is 4. The lowest BCUT2D eigenvalue weighted by Gasteiger charge is -2.11. The fourth-order valence-corrected chi connectivity index (χ4v) is 5.18. The third-order valence-corrected chi connectivity index (χ3v) is 7.10. The first kappa shape index (κ1) is 21.4. The minimum Gasteiger partial charge on any atom is -0.465 e. The van der Waals surface area contributed by atoms with Crippen LogP contribution in [0, 0.1) is 0 Å². The molecule has 1 atom stereocenters. The molecule has 5 aromatic rings. The summed E-state index contributed by atoms with van der Waals surface area (Å²) in [7, 11) is 0. The minimum atomic E-state index is -0.135. The molecule has 5 N–H and O–H groups in total. The number of anilines is 2. The standard InChI is InChI=1S/C27H23N5O2S/c28-18(10-17-13-29-23-6-2-1-5-20(17)23)14-30-27-31-15-25(35-27)16-7-8-24-21(11-16)22(26(33)32-24)12-19-4-3-9-34-19/h1-9,11-13,15,18,29H,10,14,28H2,(H,30,31)(H,32,33)/t18-/m0/s1. The largest absolute Gasteiger partial charge is 0.465 e. The quantitative estimate of drug-likeness (QED) is 0.234. The highest BCUT2D eigenvalue weighted by Gasteiger charge is 2.25. The molecule has 0 unspecified atom stereocenters. The number of nitrogens with zero attached hydrogens (tertiary/aromatic N) is 1. The monoisotopic (exact) mass is 481 g/mol. The van der Waals surface area contributed by atoms with E-state index in [0.717, 1.165) is 38.8 Å². The average Bonchev–Trinajstić information content (AvgIpc) is 3.66. The Morgan fingerprint density at radius 3 is 2.97 bits per heavy atom. The summed E-state index contributed by atoms with van der Waals surface area (Å²) in [5.41, 5.74) is 12.0. The van der Waals surface area contributed by atoms with Crippen LogP contribution in [-0.2, 0) is 11.2 Å². The van der Waals surface area contributed by atoms with Crippen LogP contribution >= 0.6 is 11.3 Å². The number of carbonyl (C=O) groups is 1. The second-order valence-corrected chi connectivity index (χ2v) is 9.55.